The molecule has 4 rings (SSSR count). The van der Waals surface area contributed by atoms with Crippen molar-refractivity contribution in [3.05, 3.63) is 71.4 Å². The van der Waals surface area contributed by atoms with Crippen LogP contribution in [-0.4, -0.2) is 34.2 Å². The highest BCUT2D eigenvalue weighted by molar-refractivity contribution is 5.80. The molecule has 3 aromatic rings. The SMILES string of the molecule is O=C(NCc1cc2ccccc2[nH]1)N(CCO)[C@H]1CCc2ccccc21. The number of fused-ring (bicyclic) bond motifs is 2. The molecule has 5 heteroatoms. The normalized spacial score (nSPS) is 15.8. The summed E-state index contributed by atoms with van der Waals surface area (Å²) in [5.41, 5.74) is 4.52. The summed E-state index contributed by atoms with van der Waals surface area (Å²) in [6.07, 6.45) is 1.87. The maximum atomic E-state index is 12.8. The van der Waals surface area contributed by atoms with Crippen LogP contribution >= 0.6 is 0 Å². The third-order valence-electron chi connectivity index (χ3n) is 5.10. The molecule has 5 nitrogen and oxygen atoms in total. The number of carbonyl (C=O) groups excluding carboxylic acids is 1. The zero-order valence-corrected chi connectivity index (χ0v) is 14.6. The fourth-order valence-corrected chi connectivity index (χ4v) is 3.87. The molecule has 0 fully saturated rings. The van der Waals surface area contributed by atoms with Crippen molar-refractivity contribution in [2.24, 2.45) is 0 Å². The molecule has 0 radical (unpaired) electrons. The molecule has 1 aliphatic carbocycles. The van der Waals surface area contributed by atoms with E-state index in [0.717, 1.165) is 29.4 Å². The van der Waals surface area contributed by atoms with Gasteiger partial charge in [0, 0.05) is 17.8 Å². The van der Waals surface area contributed by atoms with Crippen molar-refractivity contribution < 1.29 is 9.90 Å². The molecule has 1 atom stereocenters. The van der Waals surface area contributed by atoms with Gasteiger partial charge in [0.05, 0.1) is 19.2 Å². The Bertz CT molecular complexity index is 885. The Morgan fingerprint density at radius 1 is 1.19 bits per heavy atom. The van der Waals surface area contributed by atoms with Crippen LogP contribution in [0.4, 0.5) is 4.79 Å². The summed E-state index contributed by atoms with van der Waals surface area (Å²) < 4.78 is 0. The molecule has 2 aromatic carbocycles. The maximum Gasteiger partial charge on any atom is 0.318 e. The maximum absolute atomic E-state index is 12.8. The smallest absolute Gasteiger partial charge is 0.318 e. The molecule has 26 heavy (non-hydrogen) atoms. The second-order valence-electron chi connectivity index (χ2n) is 6.71. The Labute approximate surface area is 152 Å². The highest BCUT2D eigenvalue weighted by atomic mass is 16.3. The number of aromatic nitrogens is 1. The third-order valence-corrected chi connectivity index (χ3v) is 5.10. The molecule has 2 amide bonds. The number of aliphatic hydroxyl groups is 1. The van der Waals surface area contributed by atoms with Gasteiger partial charge in [0.15, 0.2) is 0 Å². The van der Waals surface area contributed by atoms with E-state index in [-0.39, 0.29) is 18.7 Å². The van der Waals surface area contributed by atoms with Gasteiger partial charge in [0.25, 0.3) is 0 Å². The zero-order chi connectivity index (χ0) is 17.9. The summed E-state index contributed by atoms with van der Waals surface area (Å²) in [6.45, 7) is 0.722. The van der Waals surface area contributed by atoms with E-state index >= 15 is 0 Å². The van der Waals surface area contributed by atoms with Crippen LogP contribution in [0.25, 0.3) is 10.9 Å². The molecule has 0 saturated carbocycles. The van der Waals surface area contributed by atoms with E-state index in [0.29, 0.717) is 13.1 Å². The van der Waals surface area contributed by atoms with Crippen molar-refractivity contribution in [3.63, 3.8) is 0 Å². The molecule has 0 spiro atoms. The monoisotopic (exact) mass is 349 g/mol. The summed E-state index contributed by atoms with van der Waals surface area (Å²) in [4.78, 5) is 17.9. The Kier molecular flexibility index (Phi) is 4.63. The molecular weight excluding hydrogens is 326 g/mol. The number of hydrogen-bond acceptors (Lipinski definition) is 2. The van der Waals surface area contributed by atoms with Crippen LogP contribution in [0.15, 0.2) is 54.6 Å². The first kappa shape index (κ1) is 16.7. The van der Waals surface area contributed by atoms with Gasteiger partial charge in [-0.1, -0.05) is 42.5 Å². The lowest BCUT2D eigenvalue weighted by Gasteiger charge is -2.29. The van der Waals surface area contributed by atoms with Gasteiger partial charge in [-0.05, 0) is 41.5 Å². The van der Waals surface area contributed by atoms with E-state index in [1.165, 1.54) is 11.1 Å². The number of aliphatic hydroxyl groups excluding tert-OH is 1. The molecule has 0 unspecified atom stereocenters. The van der Waals surface area contributed by atoms with E-state index in [1.807, 2.05) is 36.4 Å². The van der Waals surface area contributed by atoms with E-state index in [9.17, 15) is 9.90 Å². The zero-order valence-electron chi connectivity index (χ0n) is 14.6. The van der Waals surface area contributed by atoms with Crippen molar-refractivity contribution in [1.82, 2.24) is 15.2 Å². The van der Waals surface area contributed by atoms with Crippen molar-refractivity contribution >= 4 is 16.9 Å². The van der Waals surface area contributed by atoms with Crippen LogP contribution in [0.5, 0.6) is 0 Å². The van der Waals surface area contributed by atoms with Crippen LogP contribution in [-0.2, 0) is 13.0 Å². The highest BCUT2D eigenvalue weighted by Gasteiger charge is 2.30. The Morgan fingerprint density at radius 3 is 2.85 bits per heavy atom. The topological polar surface area (TPSA) is 68.4 Å². The molecule has 1 aromatic heterocycles. The van der Waals surface area contributed by atoms with E-state index in [2.05, 4.69) is 28.5 Å². The minimum atomic E-state index is -0.139. The third kappa shape index (κ3) is 3.18. The standard InChI is InChI=1S/C21H23N3O2/c25-12-11-24(20-10-9-15-5-1-3-7-18(15)20)21(26)22-14-17-13-16-6-2-4-8-19(16)23-17/h1-8,13,20,23,25H,9-12,14H2,(H,22,26)/t20-/m0/s1. The van der Waals surface area contributed by atoms with E-state index < -0.39 is 0 Å². The van der Waals surface area contributed by atoms with Crippen LogP contribution in [0.3, 0.4) is 0 Å². The van der Waals surface area contributed by atoms with Gasteiger partial charge in [0.2, 0.25) is 0 Å². The van der Waals surface area contributed by atoms with Crippen LogP contribution < -0.4 is 5.32 Å². The van der Waals surface area contributed by atoms with Gasteiger partial charge in [-0.15, -0.1) is 0 Å². The summed E-state index contributed by atoms with van der Waals surface area (Å²) in [5, 5.41) is 13.6. The number of hydrogen-bond donors (Lipinski definition) is 3. The van der Waals surface area contributed by atoms with Crippen LogP contribution in [0, 0.1) is 0 Å². The van der Waals surface area contributed by atoms with Crippen molar-refractivity contribution in [2.45, 2.75) is 25.4 Å². The van der Waals surface area contributed by atoms with Crippen molar-refractivity contribution in [3.8, 4) is 0 Å². The largest absolute Gasteiger partial charge is 0.395 e. The molecule has 0 saturated heterocycles. The molecule has 0 bridgehead atoms. The van der Waals surface area contributed by atoms with Gasteiger partial charge in [-0.2, -0.15) is 0 Å². The summed E-state index contributed by atoms with van der Waals surface area (Å²) >= 11 is 0. The number of rotatable bonds is 5. The molecule has 1 heterocycles. The molecule has 3 N–H and O–H groups in total. The second-order valence-corrected chi connectivity index (χ2v) is 6.71. The lowest BCUT2D eigenvalue weighted by atomic mass is 10.1. The van der Waals surface area contributed by atoms with E-state index in [1.54, 1.807) is 4.90 Å². The average Bonchev–Trinajstić information content (AvgIpc) is 3.28. The minimum Gasteiger partial charge on any atom is -0.395 e. The lowest BCUT2D eigenvalue weighted by Crippen LogP contribution is -2.43. The summed E-state index contributed by atoms with van der Waals surface area (Å²) in [6, 6.07) is 18.2. The van der Waals surface area contributed by atoms with Crippen molar-refractivity contribution in [1.29, 1.82) is 0 Å². The second kappa shape index (κ2) is 7.22. The molecular formula is C21H23N3O2. The first-order valence-electron chi connectivity index (χ1n) is 9.06. The van der Waals surface area contributed by atoms with Crippen LogP contribution in [0.1, 0.15) is 29.3 Å². The number of para-hydroxylation sites is 1. The predicted octanol–water partition coefficient (Wildman–Crippen LogP) is 3.36. The number of urea groups is 1. The van der Waals surface area contributed by atoms with Crippen molar-refractivity contribution in [2.75, 3.05) is 13.2 Å². The Balaban J connectivity index is 1.47. The number of H-pyrrole nitrogens is 1. The number of amides is 2. The number of aromatic amines is 1. The first-order valence-corrected chi connectivity index (χ1v) is 9.06. The van der Waals surface area contributed by atoms with Gasteiger partial charge in [0.1, 0.15) is 0 Å². The number of nitrogens with one attached hydrogen (secondary N) is 2. The lowest BCUT2D eigenvalue weighted by molar-refractivity contribution is 0.151. The molecule has 134 valence electrons. The number of nitrogens with zero attached hydrogens (tertiary/aromatic N) is 1. The first-order chi connectivity index (χ1) is 12.8. The van der Waals surface area contributed by atoms with Gasteiger partial charge in [-0.25, -0.2) is 4.79 Å². The number of carbonyl (C=O) groups is 1. The summed E-state index contributed by atoms with van der Waals surface area (Å²) in [5.74, 6) is 0. The fourth-order valence-electron chi connectivity index (χ4n) is 3.87. The number of aryl methyl sites for hydroxylation is 1. The summed E-state index contributed by atoms with van der Waals surface area (Å²) in [7, 11) is 0. The quantitative estimate of drug-likeness (QED) is 0.661. The van der Waals surface area contributed by atoms with Gasteiger partial charge >= 0.3 is 6.03 Å². The van der Waals surface area contributed by atoms with Gasteiger partial charge < -0.3 is 20.3 Å². The molecule has 1 aliphatic rings. The van der Waals surface area contributed by atoms with Crippen LogP contribution in [0.2, 0.25) is 0 Å². The number of benzene rings is 2. The molecule has 0 aliphatic heterocycles. The van der Waals surface area contributed by atoms with E-state index in [4.69, 9.17) is 0 Å². The highest BCUT2D eigenvalue weighted by Crippen LogP contribution is 2.35. The Hall–Kier alpha value is -2.79. The predicted molar refractivity (Wildman–Crippen MR) is 102 cm³/mol. The average molecular weight is 349 g/mol. The van der Waals surface area contributed by atoms with Gasteiger partial charge in [-0.3, -0.25) is 0 Å². The fraction of sp³-hybridized carbons (Fsp3) is 0.286. The Morgan fingerprint density at radius 2 is 2.00 bits per heavy atom. The minimum absolute atomic E-state index is 0.0288.